The zero-order chi connectivity index (χ0) is 62.6. The number of hydrogen-bond donors (Lipinski definition) is 2. The molecule has 0 amide bonds. The molecule has 8 aromatic rings. The number of aryl methyl sites for hydroxylation is 4. The van der Waals surface area contributed by atoms with Gasteiger partial charge in [0.1, 0.15) is 37.4 Å². The number of fused-ring (bicyclic) bond motifs is 2. The van der Waals surface area contributed by atoms with Crippen molar-refractivity contribution >= 4 is 157 Å². The number of carboxylic acid groups (broad SMARTS) is 1. The minimum absolute atomic E-state index is 0. The lowest BCUT2D eigenvalue weighted by Gasteiger charge is -2.09. The van der Waals surface area contributed by atoms with Gasteiger partial charge in [0.15, 0.2) is 11.0 Å². The van der Waals surface area contributed by atoms with E-state index < -0.39 is 61.0 Å². The third kappa shape index (κ3) is 18.6. The number of non-ortho nitro benzene ring substituents is 4. The first-order valence-electron chi connectivity index (χ1n) is 22.6. The molecule has 448 valence electrons. The van der Waals surface area contributed by atoms with Crippen LogP contribution in [0.25, 0.3) is 20.4 Å². The highest BCUT2D eigenvalue weighted by Crippen LogP contribution is 2.34. The van der Waals surface area contributed by atoms with Gasteiger partial charge in [-0.25, -0.2) is 23.2 Å². The number of aliphatic carboxylic acids is 1. The Labute approximate surface area is 509 Å². The predicted molar refractivity (Wildman–Crippen MR) is 322 cm³/mol. The lowest BCUT2D eigenvalue weighted by molar-refractivity contribution is -0.385. The predicted octanol–water partition coefficient (Wildman–Crippen LogP) is 11.8. The van der Waals surface area contributed by atoms with Gasteiger partial charge in [-0.15, -0.1) is 57.6 Å². The Morgan fingerprint density at radius 1 is 0.647 bits per heavy atom. The molecule has 0 spiro atoms. The summed E-state index contributed by atoms with van der Waals surface area (Å²) in [6.45, 7) is 6.09. The van der Waals surface area contributed by atoms with Crippen LogP contribution < -0.4 is 14.1 Å². The maximum atomic E-state index is 12.7. The summed E-state index contributed by atoms with van der Waals surface area (Å²) in [5.74, 6) is -0.531. The molecule has 9 rings (SSSR count). The molecule has 0 saturated heterocycles. The fraction of sp³-hybridized carbons (Fsp3) is 0.163. The third-order valence-electron chi connectivity index (χ3n) is 10.7. The number of nitro groups is 4. The van der Waals surface area contributed by atoms with E-state index >= 15 is 0 Å². The Morgan fingerprint density at radius 2 is 1.04 bits per heavy atom. The number of carbonyl (C=O) groups is 1. The lowest BCUT2D eigenvalue weighted by Crippen LogP contribution is -2.17. The summed E-state index contributed by atoms with van der Waals surface area (Å²) >= 11 is 13.2. The number of aliphatic imine (C=N–C) groups is 1. The molecular weight excluding hydrogens is 1300 g/mol. The minimum atomic E-state index is -4.21. The molecule has 27 nitrogen and oxygen atoms in total. The average Bonchev–Trinajstić information content (AvgIpc) is 3.15. The Hall–Kier alpha value is -8.20. The van der Waals surface area contributed by atoms with E-state index in [1.165, 1.54) is 98.5 Å². The number of benzene rings is 6. The highest BCUT2D eigenvalue weighted by molar-refractivity contribution is 8.15. The molecule has 3 N–H and O–H groups in total. The largest absolute Gasteiger partial charge is 0.480 e. The van der Waals surface area contributed by atoms with Crippen molar-refractivity contribution in [2.45, 2.75) is 55.8 Å². The number of carboxylic acids is 1. The van der Waals surface area contributed by atoms with Crippen LogP contribution in [-0.2, 0) is 34.1 Å². The molecule has 0 aliphatic carbocycles. The van der Waals surface area contributed by atoms with Gasteiger partial charge < -0.3 is 19.2 Å². The molecule has 1 atom stereocenters. The first kappa shape index (κ1) is 69.3. The number of alkyl halides is 2. The lowest BCUT2D eigenvalue weighted by atomic mass is 10.2. The van der Waals surface area contributed by atoms with Gasteiger partial charge in [-0.05, 0) is 98.5 Å². The zero-order valence-electron chi connectivity index (χ0n) is 43.0. The SMILES string of the molecule is C.Cc1cc([N+](=O)[O-])ccc1N.Cc1cc([N+](=O)[O-])ccc1S(=O)(=O)Cl.Cc1cc([N+](=O)[O-])ccc1S(=O)(=O)Oc1ccc2nc(C#N)sc2c1.Cc1cc([N+](=O)[O-])ccc1S(=O)(=O)Oc1ccc2nc(C3=N[C@@H](C(=O)O)CS3)sc2c1.ClCCl. The molecule has 0 bridgehead atoms. The number of aromatic nitrogens is 2. The fourth-order valence-corrected chi connectivity index (χ4v) is 13.2. The number of anilines is 1. The first-order valence-corrected chi connectivity index (χ1v) is 31.5. The van der Waals surface area contributed by atoms with Gasteiger partial charge in [0.05, 0.1) is 50.4 Å². The second-order valence-electron chi connectivity index (χ2n) is 16.5. The van der Waals surface area contributed by atoms with E-state index in [1.807, 2.05) is 6.07 Å². The van der Waals surface area contributed by atoms with Gasteiger partial charge in [0.25, 0.3) is 31.8 Å². The van der Waals surface area contributed by atoms with E-state index in [4.69, 9.17) is 58.4 Å². The topological polar surface area (TPSA) is 419 Å². The van der Waals surface area contributed by atoms with E-state index in [0.29, 0.717) is 41.9 Å². The van der Waals surface area contributed by atoms with Crippen LogP contribution in [-0.4, -0.2) is 88.2 Å². The number of thioether (sulfide) groups is 1. The van der Waals surface area contributed by atoms with Crippen LogP contribution in [0, 0.1) is 79.5 Å². The number of halogens is 3. The van der Waals surface area contributed by atoms with Crippen molar-refractivity contribution in [3.8, 4) is 17.6 Å². The summed E-state index contributed by atoms with van der Waals surface area (Å²) in [5.41, 5.74) is 8.11. The Kier molecular flexibility index (Phi) is 24.1. The molecular formula is C49H42Cl3N9O18S6. The van der Waals surface area contributed by atoms with Crippen molar-refractivity contribution in [3.63, 3.8) is 0 Å². The maximum absolute atomic E-state index is 12.7. The van der Waals surface area contributed by atoms with E-state index in [9.17, 15) is 70.5 Å². The highest BCUT2D eigenvalue weighted by Gasteiger charge is 2.28. The number of nitro benzene ring substituents is 4. The van der Waals surface area contributed by atoms with Gasteiger partial charge in [-0.2, -0.15) is 22.1 Å². The summed E-state index contributed by atoms with van der Waals surface area (Å²) in [5, 5.41) is 61.7. The van der Waals surface area contributed by atoms with Crippen LogP contribution in [0.3, 0.4) is 0 Å². The van der Waals surface area contributed by atoms with E-state index in [-0.39, 0.29) is 83.4 Å². The molecule has 0 saturated carbocycles. The van der Waals surface area contributed by atoms with Gasteiger partial charge in [0.2, 0.25) is 0 Å². The number of nitrogens with zero attached hydrogens (tertiary/aromatic N) is 8. The van der Waals surface area contributed by atoms with Crippen LogP contribution in [0.1, 0.15) is 39.7 Å². The van der Waals surface area contributed by atoms with Crippen molar-refractivity contribution in [2.75, 3.05) is 16.8 Å². The van der Waals surface area contributed by atoms with Crippen LogP contribution >= 0.6 is 68.3 Å². The summed E-state index contributed by atoms with van der Waals surface area (Å²) in [6, 6.07) is 24.7. The first-order chi connectivity index (χ1) is 39.3. The van der Waals surface area contributed by atoms with E-state index in [2.05, 4.69) is 15.0 Å². The average molecular weight is 1340 g/mol. The molecule has 0 fully saturated rings. The van der Waals surface area contributed by atoms with Crippen molar-refractivity contribution in [1.29, 1.82) is 5.26 Å². The normalized spacial score (nSPS) is 12.5. The Morgan fingerprint density at radius 3 is 1.40 bits per heavy atom. The summed E-state index contributed by atoms with van der Waals surface area (Å²) < 4.78 is 83.7. The van der Waals surface area contributed by atoms with E-state index in [1.54, 1.807) is 19.1 Å². The molecule has 0 unspecified atom stereocenters. The number of hydrogen-bond acceptors (Lipinski definition) is 25. The smallest absolute Gasteiger partial charge is 0.339 e. The summed E-state index contributed by atoms with van der Waals surface area (Å²) in [7, 11) is -7.10. The Bertz CT molecular complexity index is 4330. The van der Waals surface area contributed by atoms with Gasteiger partial charge in [-0.1, -0.05) is 7.43 Å². The van der Waals surface area contributed by atoms with Crippen LogP contribution in [0.2, 0.25) is 0 Å². The van der Waals surface area contributed by atoms with Crippen molar-refractivity contribution in [3.05, 3.63) is 182 Å². The zero-order valence-corrected chi connectivity index (χ0v) is 50.2. The summed E-state index contributed by atoms with van der Waals surface area (Å²) in [4.78, 5) is 63.2. The minimum Gasteiger partial charge on any atom is -0.480 e. The second-order valence-corrected chi connectivity index (χ2v) is 26.0. The third-order valence-corrected chi connectivity index (χ3v) is 18.2. The highest BCUT2D eigenvalue weighted by atomic mass is 35.7. The van der Waals surface area contributed by atoms with Gasteiger partial charge >= 0.3 is 26.2 Å². The number of nitrogen functional groups attached to an aromatic ring is 1. The molecule has 36 heteroatoms. The summed E-state index contributed by atoms with van der Waals surface area (Å²) in [6.07, 6.45) is 0. The van der Waals surface area contributed by atoms with E-state index in [0.717, 1.165) is 59.4 Å². The van der Waals surface area contributed by atoms with Crippen LogP contribution in [0.5, 0.6) is 11.5 Å². The van der Waals surface area contributed by atoms with Gasteiger partial charge in [0, 0.05) is 82.8 Å². The molecule has 6 aromatic carbocycles. The molecule has 3 heterocycles. The number of thiazole rings is 2. The Balaban J connectivity index is 0.000000255. The fourth-order valence-electron chi connectivity index (χ4n) is 6.86. The monoisotopic (exact) mass is 1340 g/mol. The van der Waals surface area contributed by atoms with Crippen LogP contribution in [0.15, 0.2) is 129 Å². The van der Waals surface area contributed by atoms with Crippen molar-refractivity contribution in [2.24, 2.45) is 4.99 Å². The molecule has 1 aliphatic heterocycles. The molecule has 0 radical (unpaired) electrons. The second kappa shape index (κ2) is 29.6. The standard InChI is InChI=1S/C18H13N3O7S3.C15H9N3O5S2.C7H6ClNO4S.C7H8N2O2.CH2Cl2.CH4/c1-9-6-10(21(24)25)2-5-15(9)31(26,27)28-11-3-4-12-14(7-11)30-17(19-12)16-20-13(8-29-16)18(22)23;1-9-6-10(18(19)20)2-5-14(9)25(21,22)23-11-3-4-12-13(7-11)24-15(8-16)17-12;1-5-4-6(9(10)11)2-3-7(5)14(8,12)13;1-5-4-6(9(10)11)2-3-7(5)8;2-1-3;/h2-7,13H,8H2,1H3,(H,22,23);2-7H,1H3;2-4H,1H3;2-4H,8H2,1H3;1H2;1H4/t13-;;;;;/m1...../s1. The van der Waals surface area contributed by atoms with Crippen molar-refractivity contribution in [1.82, 2.24) is 9.97 Å². The molecule has 2 aromatic heterocycles. The quantitative estimate of drug-likeness (QED) is 0.0270. The number of nitriles is 1. The maximum Gasteiger partial charge on any atom is 0.339 e. The molecule has 1 aliphatic rings. The molecule has 85 heavy (non-hydrogen) atoms. The number of nitrogens with two attached hydrogens (primary N) is 1. The van der Waals surface area contributed by atoms with Gasteiger partial charge in [-0.3, -0.25) is 45.4 Å². The van der Waals surface area contributed by atoms with Crippen LogP contribution in [0.4, 0.5) is 28.4 Å². The van der Waals surface area contributed by atoms with Crippen molar-refractivity contribution < 1.29 is 63.2 Å². The number of rotatable bonds is 13.